The zero-order chi connectivity index (χ0) is 14.5. The van der Waals surface area contributed by atoms with Crippen molar-refractivity contribution in [3.63, 3.8) is 0 Å². The van der Waals surface area contributed by atoms with E-state index in [2.05, 4.69) is 17.1 Å². The van der Waals surface area contributed by atoms with Crippen molar-refractivity contribution in [3.8, 4) is 5.75 Å². The molecule has 1 fully saturated rings. The van der Waals surface area contributed by atoms with E-state index < -0.39 is 0 Å². The van der Waals surface area contributed by atoms with Gasteiger partial charge in [-0.1, -0.05) is 0 Å². The van der Waals surface area contributed by atoms with Gasteiger partial charge in [0.15, 0.2) is 0 Å². The summed E-state index contributed by atoms with van der Waals surface area (Å²) in [5.74, 6) is 2.73. The van der Waals surface area contributed by atoms with Crippen molar-refractivity contribution in [2.45, 2.75) is 13.0 Å². The Morgan fingerprint density at radius 1 is 1.60 bits per heavy atom. The van der Waals surface area contributed by atoms with Crippen LogP contribution in [0, 0.1) is 0 Å². The van der Waals surface area contributed by atoms with Crippen LogP contribution in [0.3, 0.4) is 0 Å². The van der Waals surface area contributed by atoms with E-state index in [1.165, 1.54) is 0 Å². The van der Waals surface area contributed by atoms with Crippen LogP contribution in [-0.4, -0.2) is 48.6 Å². The van der Waals surface area contributed by atoms with E-state index in [9.17, 15) is 4.79 Å². The molecule has 0 aromatic heterocycles. The fourth-order valence-corrected chi connectivity index (χ4v) is 3.26. The highest BCUT2D eigenvalue weighted by molar-refractivity contribution is 7.99. The summed E-state index contributed by atoms with van der Waals surface area (Å²) in [4.78, 5) is 14.3. The number of amides is 1. The van der Waals surface area contributed by atoms with Gasteiger partial charge in [-0.2, -0.15) is 11.8 Å². The Hall–Kier alpha value is -1.40. The molecule has 5 nitrogen and oxygen atoms in total. The zero-order valence-electron chi connectivity index (χ0n) is 11.9. The Bertz CT molecular complexity index is 481. The number of hydrogen-bond donors (Lipinski definition) is 2. The first-order chi connectivity index (χ1) is 9.60. The predicted octanol–water partition coefficient (Wildman–Crippen LogP) is 1.65. The molecule has 1 aliphatic heterocycles. The molecule has 0 aliphatic carbocycles. The van der Waals surface area contributed by atoms with Gasteiger partial charge in [0.1, 0.15) is 5.75 Å². The summed E-state index contributed by atoms with van der Waals surface area (Å²) < 4.78 is 5.23. The smallest absolute Gasteiger partial charge is 0.238 e. The van der Waals surface area contributed by atoms with Crippen LogP contribution >= 0.6 is 11.8 Å². The van der Waals surface area contributed by atoms with Gasteiger partial charge in [-0.25, -0.2) is 0 Å². The molecule has 110 valence electrons. The molecule has 1 amide bonds. The summed E-state index contributed by atoms with van der Waals surface area (Å²) in [6.45, 7) is 3.52. The van der Waals surface area contributed by atoms with Crippen molar-refractivity contribution in [2.75, 3.05) is 42.8 Å². The summed E-state index contributed by atoms with van der Waals surface area (Å²) in [7, 11) is 1.56. The number of thioether (sulfide) groups is 1. The van der Waals surface area contributed by atoms with Crippen molar-refractivity contribution >= 4 is 29.0 Å². The number of nitrogens with one attached hydrogen (secondary N) is 1. The quantitative estimate of drug-likeness (QED) is 0.827. The maximum atomic E-state index is 12.1. The van der Waals surface area contributed by atoms with E-state index in [4.69, 9.17) is 10.5 Å². The second kappa shape index (κ2) is 6.85. The van der Waals surface area contributed by atoms with Crippen LogP contribution in [0.15, 0.2) is 18.2 Å². The van der Waals surface area contributed by atoms with Crippen LogP contribution in [0.1, 0.15) is 6.92 Å². The summed E-state index contributed by atoms with van der Waals surface area (Å²) in [5.41, 5.74) is 6.97. The Morgan fingerprint density at radius 2 is 2.40 bits per heavy atom. The summed E-state index contributed by atoms with van der Waals surface area (Å²) in [5, 5.41) is 2.89. The number of ether oxygens (including phenoxy) is 1. The lowest BCUT2D eigenvalue weighted by Gasteiger charge is -2.32. The molecule has 20 heavy (non-hydrogen) atoms. The van der Waals surface area contributed by atoms with Crippen LogP contribution in [-0.2, 0) is 4.79 Å². The summed E-state index contributed by atoms with van der Waals surface area (Å²) in [6.07, 6.45) is 0. The molecule has 1 atom stereocenters. The molecule has 1 aliphatic rings. The highest BCUT2D eigenvalue weighted by atomic mass is 32.2. The van der Waals surface area contributed by atoms with Crippen LogP contribution in [0.25, 0.3) is 0 Å². The molecule has 1 aromatic carbocycles. The Morgan fingerprint density at radius 3 is 3.10 bits per heavy atom. The molecule has 3 N–H and O–H groups in total. The number of carbonyl (C=O) groups excluding carboxylic acids is 1. The van der Waals surface area contributed by atoms with Gasteiger partial charge in [-0.3, -0.25) is 9.69 Å². The standard InChI is InChI=1S/C14H21N3O2S/c1-10-9-20-6-5-17(10)8-14(18)16-12-4-3-11(15)7-13(12)19-2/h3-4,7,10H,5-6,8-9,15H2,1-2H3,(H,16,18). The number of anilines is 2. The highest BCUT2D eigenvalue weighted by Gasteiger charge is 2.21. The van der Waals surface area contributed by atoms with Gasteiger partial charge >= 0.3 is 0 Å². The number of rotatable bonds is 4. The molecule has 0 saturated carbocycles. The first kappa shape index (κ1) is 15.0. The maximum absolute atomic E-state index is 12.1. The number of nitrogens with two attached hydrogens (primary N) is 1. The van der Waals surface area contributed by atoms with Gasteiger partial charge in [0, 0.05) is 35.8 Å². The van der Waals surface area contributed by atoms with E-state index in [-0.39, 0.29) is 5.91 Å². The van der Waals surface area contributed by atoms with Crippen LogP contribution in [0.5, 0.6) is 5.75 Å². The molecule has 0 bridgehead atoms. The van der Waals surface area contributed by atoms with E-state index >= 15 is 0 Å². The number of hydrogen-bond acceptors (Lipinski definition) is 5. The first-order valence-electron chi connectivity index (χ1n) is 6.65. The fraction of sp³-hybridized carbons (Fsp3) is 0.500. The second-order valence-corrected chi connectivity index (χ2v) is 6.05. The molecule has 1 heterocycles. The number of nitrogen functional groups attached to an aromatic ring is 1. The van der Waals surface area contributed by atoms with Crippen molar-refractivity contribution < 1.29 is 9.53 Å². The summed E-state index contributed by atoms with van der Waals surface area (Å²) in [6, 6.07) is 5.66. The number of carbonyl (C=O) groups is 1. The average Bonchev–Trinajstić information content (AvgIpc) is 2.43. The average molecular weight is 295 g/mol. The third kappa shape index (κ3) is 3.80. The molecule has 0 spiro atoms. The lowest BCUT2D eigenvalue weighted by molar-refractivity contribution is -0.117. The van der Waals surface area contributed by atoms with Gasteiger partial charge in [-0.05, 0) is 19.1 Å². The summed E-state index contributed by atoms with van der Waals surface area (Å²) >= 11 is 1.94. The second-order valence-electron chi connectivity index (χ2n) is 4.90. The lowest BCUT2D eigenvalue weighted by atomic mass is 10.2. The van der Waals surface area contributed by atoms with Gasteiger partial charge < -0.3 is 15.8 Å². The maximum Gasteiger partial charge on any atom is 0.238 e. The highest BCUT2D eigenvalue weighted by Crippen LogP contribution is 2.26. The predicted molar refractivity (Wildman–Crippen MR) is 84.4 cm³/mol. The van der Waals surface area contributed by atoms with E-state index in [0.717, 1.165) is 18.1 Å². The van der Waals surface area contributed by atoms with Gasteiger partial charge in [0.2, 0.25) is 5.91 Å². The largest absolute Gasteiger partial charge is 0.494 e. The van der Waals surface area contributed by atoms with Crippen LogP contribution < -0.4 is 15.8 Å². The van der Waals surface area contributed by atoms with Crippen molar-refractivity contribution in [3.05, 3.63) is 18.2 Å². The van der Waals surface area contributed by atoms with E-state index in [0.29, 0.717) is 29.7 Å². The Kier molecular flexibility index (Phi) is 5.14. The first-order valence-corrected chi connectivity index (χ1v) is 7.81. The molecular weight excluding hydrogens is 274 g/mol. The van der Waals surface area contributed by atoms with E-state index in [1.807, 2.05) is 11.8 Å². The third-order valence-electron chi connectivity index (χ3n) is 3.35. The van der Waals surface area contributed by atoms with Crippen LogP contribution in [0.2, 0.25) is 0 Å². The number of benzene rings is 1. The Balaban J connectivity index is 1.97. The van der Waals surface area contributed by atoms with Crippen molar-refractivity contribution in [1.82, 2.24) is 4.90 Å². The minimum Gasteiger partial charge on any atom is -0.494 e. The van der Waals surface area contributed by atoms with Crippen molar-refractivity contribution in [1.29, 1.82) is 0 Å². The number of methoxy groups -OCH3 is 1. The minimum absolute atomic E-state index is 0.0215. The molecule has 1 unspecified atom stereocenters. The number of nitrogens with zero attached hydrogens (tertiary/aromatic N) is 1. The monoisotopic (exact) mass is 295 g/mol. The molecule has 1 saturated heterocycles. The molecule has 1 aromatic rings. The normalized spacial score (nSPS) is 19.6. The topological polar surface area (TPSA) is 67.6 Å². The van der Waals surface area contributed by atoms with Crippen LogP contribution in [0.4, 0.5) is 11.4 Å². The van der Waals surface area contributed by atoms with Gasteiger partial charge in [0.25, 0.3) is 0 Å². The molecule has 0 radical (unpaired) electrons. The lowest BCUT2D eigenvalue weighted by Crippen LogP contribution is -2.44. The SMILES string of the molecule is COc1cc(N)ccc1NC(=O)CN1CCSCC1C. The van der Waals surface area contributed by atoms with Gasteiger partial charge in [-0.15, -0.1) is 0 Å². The Labute approximate surface area is 123 Å². The minimum atomic E-state index is -0.0215. The van der Waals surface area contributed by atoms with Crippen molar-refractivity contribution in [2.24, 2.45) is 0 Å². The fourth-order valence-electron chi connectivity index (χ4n) is 2.18. The molecular formula is C14H21N3O2S. The zero-order valence-corrected chi connectivity index (χ0v) is 12.7. The third-order valence-corrected chi connectivity index (χ3v) is 4.54. The molecule has 6 heteroatoms. The van der Waals surface area contributed by atoms with E-state index in [1.54, 1.807) is 25.3 Å². The molecule has 2 rings (SSSR count). The van der Waals surface area contributed by atoms with Gasteiger partial charge in [0.05, 0.1) is 19.3 Å².